The molecular formula is C12H15Cl2NO3. The predicted octanol–water partition coefficient (Wildman–Crippen LogP) is 2.95. The molecule has 1 aromatic rings. The minimum atomic E-state index is -0.916. The van der Waals surface area contributed by atoms with Crippen LogP contribution in [0, 0.1) is 0 Å². The number of hydrogen-bond acceptors (Lipinski definition) is 3. The average molecular weight is 292 g/mol. The first-order valence-electron chi connectivity index (χ1n) is 5.52. The second kappa shape index (κ2) is 6.83. The van der Waals surface area contributed by atoms with Crippen LogP contribution in [0.3, 0.4) is 0 Å². The van der Waals surface area contributed by atoms with E-state index in [0.29, 0.717) is 28.9 Å². The fraction of sp³-hybridized carbons (Fsp3) is 0.417. The van der Waals surface area contributed by atoms with E-state index in [1.165, 1.54) is 0 Å². The Balaban J connectivity index is 2.89. The summed E-state index contributed by atoms with van der Waals surface area (Å²) < 4.78 is 5.44. The summed E-state index contributed by atoms with van der Waals surface area (Å²) in [6, 6.07) is 2.65. The standard InChI is InChI=1S/C12H15Cl2NO3/c1-3-18-11-8(4-9(13)5-10(11)14)6-15-7(2)12(16)17/h4-5,7,15H,3,6H2,1-2H3,(H,16,17)/t7-/m0/s1. The van der Waals surface area contributed by atoms with E-state index in [1.54, 1.807) is 19.1 Å². The summed E-state index contributed by atoms with van der Waals surface area (Å²) in [4.78, 5) is 10.7. The lowest BCUT2D eigenvalue weighted by atomic mass is 10.2. The zero-order valence-corrected chi connectivity index (χ0v) is 11.7. The smallest absolute Gasteiger partial charge is 0.320 e. The van der Waals surface area contributed by atoms with Crippen LogP contribution in [-0.2, 0) is 11.3 Å². The van der Waals surface area contributed by atoms with Gasteiger partial charge in [0, 0.05) is 17.1 Å². The number of carboxylic acids is 1. The Bertz CT molecular complexity index is 438. The van der Waals surface area contributed by atoms with Gasteiger partial charge < -0.3 is 15.2 Å². The van der Waals surface area contributed by atoms with Gasteiger partial charge >= 0.3 is 5.97 Å². The SMILES string of the molecule is CCOc1c(Cl)cc(Cl)cc1CN[C@@H](C)C(=O)O. The number of aliphatic carboxylic acids is 1. The van der Waals surface area contributed by atoms with Crippen molar-refractivity contribution in [2.75, 3.05) is 6.61 Å². The van der Waals surface area contributed by atoms with Crippen LogP contribution in [0.15, 0.2) is 12.1 Å². The van der Waals surface area contributed by atoms with Crippen molar-refractivity contribution >= 4 is 29.2 Å². The van der Waals surface area contributed by atoms with Crippen LogP contribution in [0.1, 0.15) is 19.4 Å². The van der Waals surface area contributed by atoms with Crippen LogP contribution in [0.4, 0.5) is 0 Å². The normalized spacial score (nSPS) is 12.2. The van der Waals surface area contributed by atoms with Crippen LogP contribution in [0.2, 0.25) is 10.0 Å². The maximum Gasteiger partial charge on any atom is 0.320 e. The van der Waals surface area contributed by atoms with Gasteiger partial charge in [0.1, 0.15) is 11.8 Å². The molecule has 0 heterocycles. The summed E-state index contributed by atoms with van der Waals surface area (Å²) in [6.07, 6.45) is 0. The third-order valence-electron chi connectivity index (χ3n) is 2.34. The van der Waals surface area contributed by atoms with E-state index in [9.17, 15) is 4.79 Å². The van der Waals surface area contributed by atoms with Crippen molar-refractivity contribution in [1.82, 2.24) is 5.32 Å². The molecule has 1 aromatic carbocycles. The van der Waals surface area contributed by atoms with Crippen LogP contribution >= 0.6 is 23.2 Å². The summed E-state index contributed by atoms with van der Waals surface area (Å²) in [5.74, 6) is -0.380. The molecule has 100 valence electrons. The lowest BCUT2D eigenvalue weighted by Gasteiger charge is -2.15. The molecule has 0 amide bonds. The number of nitrogens with one attached hydrogen (secondary N) is 1. The van der Waals surface area contributed by atoms with Crippen LogP contribution < -0.4 is 10.1 Å². The Morgan fingerprint density at radius 2 is 2.17 bits per heavy atom. The van der Waals surface area contributed by atoms with E-state index >= 15 is 0 Å². The molecule has 0 saturated carbocycles. The molecule has 2 N–H and O–H groups in total. The van der Waals surface area contributed by atoms with Gasteiger partial charge in [-0.15, -0.1) is 0 Å². The van der Waals surface area contributed by atoms with E-state index in [1.807, 2.05) is 6.92 Å². The van der Waals surface area contributed by atoms with Gasteiger partial charge in [-0.05, 0) is 26.0 Å². The summed E-state index contributed by atoms with van der Waals surface area (Å²) >= 11 is 12.0. The molecule has 0 unspecified atom stereocenters. The maximum absolute atomic E-state index is 10.7. The van der Waals surface area contributed by atoms with Gasteiger partial charge in [-0.25, -0.2) is 0 Å². The van der Waals surface area contributed by atoms with Crippen molar-refractivity contribution in [2.24, 2.45) is 0 Å². The van der Waals surface area contributed by atoms with Gasteiger partial charge in [0.2, 0.25) is 0 Å². The first kappa shape index (κ1) is 15.1. The molecule has 0 bridgehead atoms. The predicted molar refractivity (Wildman–Crippen MR) is 71.6 cm³/mol. The highest BCUT2D eigenvalue weighted by Gasteiger charge is 2.14. The summed E-state index contributed by atoms with van der Waals surface area (Å²) in [5.41, 5.74) is 0.738. The lowest BCUT2D eigenvalue weighted by Crippen LogP contribution is -2.33. The van der Waals surface area contributed by atoms with E-state index < -0.39 is 12.0 Å². The summed E-state index contributed by atoms with van der Waals surface area (Å²) in [6.45, 7) is 4.21. The second-order valence-electron chi connectivity index (χ2n) is 3.75. The molecule has 0 radical (unpaired) electrons. The minimum absolute atomic E-state index is 0.322. The minimum Gasteiger partial charge on any atom is -0.492 e. The first-order valence-corrected chi connectivity index (χ1v) is 6.28. The molecule has 0 aliphatic heterocycles. The van der Waals surface area contributed by atoms with Crippen LogP contribution in [0.25, 0.3) is 0 Å². The van der Waals surface area contributed by atoms with E-state index in [4.69, 9.17) is 33.0 Å². The third kappa shape index (κ3) is 4.05. The van der Waals surface area contributed by atoms with E-state index in [0.717, 1.165) is 5.56 Å². The van der Waals surface area contributed by atoms with Gasteiger partial charge in [-0.2, -0.15) is 0 Å². The first-order chi connectivity index (χ1) is 8.45. The maximum atomic E-state index is 10.7. The van der Waals surface area contributed by atoms with Crippen molar-refractivity contribution in [1.29, 1.82) is 0 Å². The Labute approximate surface area is 116 Å². The Morgan fingerprint density at radius 1 is 1.50 bits per heavy atom. The number of carboxylic acid groups (broad SMARTS) is 1. The van der Waals surface area contributed by atoms with E-state index in [-0.39, 0.29) is 0 Å². The Kier molecular flexibility index (Phi) is 5.72. The van der Waals surface area contributed by atoms with Crippen molar-refractivity contribution in [3.8, 4) is 5.75 Å². The molecule has 18 heavy (non-hydrogen) atoms. The number of carbonyl (C=O) groups is 1. The molecule has 6 heteroatoms. The van der Waals surface area contributed by atoms with Gasteiger partial charge in [0.25, 0.3) is 0 Å². The number of rotatable bonds is 6. The van der Waals surface area contributed by atoms with Crippen LogP contribution in [0.5, 0.6) is 5.75 Å². The van der Waals surface area contributed by atoms with Gasteiger partial charge in [0.15, 0.2) is 0 Å². The zero-order valence-electron chi connectivity index (χ0n) is 10.2. The molecule has 1 atom stereocenters. The topological polar surface area (TPSA) is 58.6 Å². The average Bonchev–Trinajstić information content (AvgIpc) is 2.29. The van der Waals surface area contributed by atoms with E-state index in [2.05, 4.69) is 5.32 Å². The molecule has 0 aliphatic carbocycles. The van der Waals surface area contributed by atoms with Crippen molar-refractivity contribution < 1.29 is 14.6 Å². The van der Waals surface area contributed by atoms with Crippen molar-refractivity contribution in [3.05, 3.63) is 27.7 Å². The monoisotopic (exact) mass is 291 g/mol. The van der Waals surface area contributed by atoms with Crippen LogP contribution in [-0.4, -0.2) is 23.7 Å². The molecule has 4 nitrogen and oxygen atoms in total. The van der Waals surface area contributed by atoms with Gasteiger partial charge in [-0.3, -0.25) is 4.79 Å². The second-order valence-corrected chi connectivity index (χ2v) is 4.59. The van der Waals surface area contributed by atoms with Crippen molar-refractivity contribution in [2.45, 2.75) is 26.4 Å². The van der Waals surface area contributed by atoms with Gasteiger partial charge in [-0.1, -0.05) is 23.2 Å². The highest BCUT2D eigenvalue weighted by atomic mass is 35.5. The number of benzene rings is 1. The molecule has 0 fully saturated rings. The highest BCUT2D eigenvalue weighted by Crippen LogP contribution is 2.32. The molecule has 0 aromatic heterocycles. The molecular weight excluding hydrogens is 277 g/mol. The quantitative estimate of drug-likeness (QED) is 0.846. The van der Waals surface area contributed by atoms with Crippen molar-refractivity contribution in [3.63, 3.8) is 0 Å². The lowest BCUT2D eigenvalue weighted by molar-refractivity contribution is -0.139. The third-order valence-corrected chi connectivity index (χ3v) is 2.84. The Morgan fingerprint density at radius 3 is 2.72 bits per heavy atom. The van der Waals surface area contributed by atoms with Gasteiger partial charge in [0.05, 0.1) is 11.6 Å². The largest absolute Gasteiger partial charge is 0.492 e. The summed E-state index contributed by atoms with van der Waals surface area (Å²) in [7, 11) is 0. The molecule has 0 saturated heterocycles. The highest BCUT2D eigenvalue weighted by molar-refractivity contribution is 6.35. The zero-order chi connectivity index (χ0) is 13.7. The molecule has 1 rings (SSSR count). The Hall–Kier alpha value is -0.970. The fourth-order valence-electron chi connectivity index (χ4n) is 1.40. The number of halogens is 2. The number of ether oxygens (including phenoxy) is 1. The number of hydrogen-bond donors (Lipinski definition) is 2. The summed E-state index contributed by atoms with van der Waals surface area (Å²) in [5, 5.41) is 12.6. The molecule has 0 spiro atoms. The fourth-order valence-corrected chi connectivity index (χ4v) is 1.99. The molecule has 0 aliphatic rings.